The van der Waals surface area contributed by atoms with Crippen molar-refractivity contribution < 1.29 is 27.1 Å². The Morgan fingerprint density at radius 2 is 1.76 bits per heavy atom. The zero-order chi connectivity index (χ0) is 23.2. The third kappa shape index (κ3) is 3.98. The lowest BCUT2D eigenvalue weighted by Gasteiger charge is -2.25. The molecule has 33 heavy (non-hydrogen) atoms. The molecule has 1 aromatic carbocycles. The van der Waals surface area contributed by atoms with Gasteiger partial charge in [-0.05, 0) is 18.9 Å². The maximum Gasteiger partial charge on any atom is 0.434 e. The molecule has 2 fully saturated rings. The van der Waals surface area contributed by atoms with Crippen LogP contribution in [0, 0.1) is 5.82 Å². The Bertz CT molecular complexity index is 1170. The highest BCUT2D eigenvalue weighted by atomic mass is 19.4. The van der Waals surface area contributed by atoms with Crippen LogP contribution in [0.5, 0.6) is 5.88 Å². The van der Waals surface area contributed by atoms with E-state index in [1.54, 1.807) is 29.2 Å². The van der Waals surface area contributed by atoms with Gasteiger partial charge in [0.2, 0.25) is 5.88 Å². The molecule has 0 radical (unpaired) electrons. The summed E-state index contributed by atoms with van der Waals surface area (Å²) in [5.41, 5.74) is -0.227. The summed E-state index contributed by atoms with van der Waals surface area (Å²) in [7, 11) is 0. The molecule has 4 heterocycles. The van der Waals surface area contributed by atoms with Crippen LogP contribution in [-0.2, 0) is 6.18 Å². The number of hydrogen-bond acceptors (Lipinski definition) is 6. The first kappa shape index (κ1) is 21.2. The zero-order valence-electron chi connectivity index (χ0n) is 17.0. The van der Waals surface area contributed by atoms with Gasteiger partial charge in [-0.1, -0.05) is 18.2 Å². The largest absolute Gasteiger partial charge is 0.471 e. The SMILES string of the molecule is O=C(c1ccccc1-c1ncc(F)cn1)N1[C@@H]2CC[C@H]1[C@H](Oc1cnc(C(F)(F)F)cn1)C2. The number of halogens is 4. The molecule has 5 rings (SSSR count). The Morgan fingerprint density at radius 1 is 1.00 bits per heavy atom. The Morgan fingerprint density at radius 3 is 2.45 bits per heavy atom. The van der Waals surface area contributed by atoms with Gasteiger partial charge < -0.3 is 9.64 Å². The average Bonchev–Trinajstić information content (AvgIpc) is 3.37. The number of carbonyl (C=O) groups excluding carboxylic acids is 1. The summed E-state index contributed by atoms with van der Waals surface area (Å²) in [6.07, 6.45) is 0.696. The minimum absolute atomic E-state index is 0.0203. The van der Waals surface area contributed by atoms with E-state index in [0.29, 0.717) is 30.2 Å². The molecule has 7 nitrogen and oxygen atoms in total. The van der Waals surface area contributed by atoms with Crippen molar-refractivity contribution in [3.63, 3.8) is 0 Å². The molecule has 2 bridgehead atoms. The van der Waals surface area contributed by atoms with E-state index in [1.807, 2.05) is 0 Å². The van der Waals surface area contributed by atoms with Gasteiger partial charge in [-0.3, -0.25) is 4.79 Å². The second-order valence-electron chi connectivity index (χ2n) is 7.91. The van der Waals surface area contributed by atoms with Crippen LogP contribution in [0.2, 0.25) is 0 Å². The normalized spacial score (nSPS) is 21.9. The molecule has 3 aromatic rings. The van der Waals surface area contributed by atoms with Gasteiger partial charge in [0.15, 0.2) is 17.3 Å². The molecule has 2 aliphatic rings. The predicted octanol–water partition coefficient (Wildman–Crippen LogP) is 3.92. The maximum absolute atomic E-state index is 13.5. The van der Waals surface area contributed by atoms with Crippen molar-refractivity contribution in [2.45, 2.75) is 43.6 Å². The first-order valence-corrected chi connectivity index (χ1v) is 10.3. The summed E-state index contributed by atoms with van der Waals surface area (Å²) in [4.78, 5) is 30.3. The van der Waals surface area contributed by atoms with Crippen molar-refractivity contribution in [3.05, 3.63) is 66.1 Å². The smallest absolute Gasteiger partial charge is 0.434 e. The van der Waals surface area contributed by atoms with Gasteiger partial charge in [0.1, 0.15) is 6.10 Å². The van der Waals surface area contributed by atoms with Crippen LogP contribution in [0.4, 0.5) is 17.6 Å². The molecular weight excluding hydrogens is 442 g/mol. The van der Waals surface area contributed by atoms with E-state index in [0.717, 1.165) is 25.0 Å². The molecule has 2 aromatic heterocycles. The van der Waals surface area contributed by atoms with Gasteiger partial charge in [0, 0.05) is 18.0 Å². The second kappa shape index (κ2) is 8.05. The fraction of sp³-hybridized carbons (Fsp3) is 0.318. The van der Waals surface area contributed by atoms with Crippen molar-refractivity contribution in [1.82, 2.24) is 24.8 Å². The van der Waals surface area contributed by atoms with Gasteiger partial charge in [0.25, 0.3) is 5.91 Å². The molecule has 11 heteroatoms. The van der Waals surface area contributed by atoms with Crippen LogP contribution < -0.4 is 4.74 Å². The van der Waals surface area contributed by atoms with E-state index >= 15 is 0 Å². The van der Waals surface area contributed by atoms with Gasteiger partial charge in [-0.25, -0.2) is 24.3 Å². The van der Waals surface area contributed by atoms with E-state index in [2.05, 4.69) is 19.9 Å². The van der Waals surface area contributed by atoms with E-state index in [-0.39, 0.29) is 29.7 Å². The molecule has 0 unspecified atom stereocenters. The monoisotopic (exact) mass is 459 g/mol. The topological polar surface area (TPSA) is 81.1 Å². The van der Waals surface area contributed by atoms with Gasteiger partial charge >= 0.3 is 6.18 Å². The number of hydrogen-bond donors (Lipinski definition) is 0. The molecule has 170 valence electrons. The Kier molecular flexibility index (Phi) is 5.18. The Labute approximate surface area is 185 Å². The van der Waals surface area contributed by atoms with Crippen LogP contribution in [0.25, 0.3) is 11.4 Å². The van der Waals surface area contributed by atoms with Gasteiger partial charge in [-0.2, -0.15) is 13.2 Å². The van der Waals surface area contributed by atoms with Crippen molar-refractivity contribution in [3.8, 4) is 17.3 Å². The molecule has 0 aliphatic carbocycles. The summed E-state index contributed by atoms with van der Waals surface area (Å²) in [5, 5.41) is 0. The first-order chi connectivity index (χ1) is 15.8. The minimum atomic E-state index is -4.58. The summed E-state index contributed by atoms with van der Waals surface area (Å²) in [6.45, 7) is 0. The number of carbonyl (C=O) groups is 1. The van der Waals surface area contributed by atoms with Crippen LogP contribution >= 0.6 is 0 Å². The molecule has 2 saturated heterocycles. The quantitative estimate of drug-likeness (QED) is 0.551. The number of amides is 1. The lowest BCUT2D eigenvalue weighted by Crippen LogP contribution is -2.39. The molecule has 3 atom stereocenters. The molecule has 0 saturated carbocycles. The standard InChI is InChI=1S/C22H17F4N5O2/c23-12-8-29-20(30-9-12)14-3-1-2-4-15(14)21(32)31-13-5-6-16(31)17(7-13)33-19-11-27-18(10-28-19)22(24,25)26/h1-4,8-11,13,16-17H,5-7H2/t13-,16+,17-/m1/s1. The molecular formula is C22H17F4N5O2. The lowest BCUT2D eigenvalue weighted by molar-refractivity contribution is -0.141. The number of alkyl halides is 3. The fourth-order valence-electron chi connectivity index (χ4n) is 4.51. The van der Waals surface area contributed by atoms with E-state index in [1.165, 1.54) is 0 Å². The highest BCUT2D eigenvalue weighted by Gasteiger charge is 2.50. The van der Waals surface area contributed by atoms with Crippen LogP contribution in [-0.4, -0.2) is 48.9 Å². The van der Waals surface area contributed by atoms with Gasteiger partial charge in [0.05, 0.1) is 36.4 Å². The summed E-state index contributed by atoms with van der Waals surface area (Å²) in [6, 6.07) is 6.51. The second-order valence-corrected chi connectivity index (χ2v) is 7.91. The highest BCUT2D eigenvalue weighted by Crippen LogP contribution is 2.41. The number of benzene rings is 1. The number of fused-ring (bicyclic) bond motifs is 2. The summed E-state index contributed by atoms with van der Waals surface area (Å²) in [5.74, 6) is -0.588. The maximum atomic E-state index is 13.5. The van der Waals surface area contributed by atoms with Crippen molar-refractivity contribution in [2.24, 2.45) is 0 Å². The highest BCUT2D eigenvalue weighted by molar-refractivity contribution is 6.00. The third-order valence-electron chi connectivity index (χ3n) is 5.92. The summed E-state index contributed by atoms with van der Waals surface area (Å²) < 4.78 is 57.2. The number of nitrogens with zero attached hydrogens (tertiary/aromatic N) is 5. The molecule has 2 aliphatic heterocycles. The predicted molar refractivity (Wildman–Crippen MR) is 106 cm³/mol. The summed E-state index contributed by atoms with van der Waals surface area (Å²) >= 11 is 0. The van der Waals surface area contributed by atoms with Gasteiger partial charge in [-0.15, -0.1) is 0 Å². The van der Waals surface area contributed by atoms with E-state index in [4.69, 9.17) is 4.74 Å². The van der Waals surface area contributed by atoms with Crippen LogP contribution in [0.15, 0.2) is 49.1 Å². The van der Waals surface area contributed by atoms with Crippen LogP contribution in [0.1, 0.15) is 35.3 Å². The Hall–Kier alpha value is -3.63. The number of ether oxygens (including phenoxy) is 1. The van der Waals surface area contributed by atoms with E-state index in [9.17, 15) is 22.4 Å². The number of rotatable bonds is 4. The Balaban J connectivity index is 1.36. The third-order valence-corrected chi connectivity index (χ3v) is 5.92. The van der Waals surface area contributed by atoms with Crippen molar-refractivity contribution in [2.75, 3.05) is 0 Å². The van der Waals surface area contributed by atoms with Crippen molar-refractivity contribution in [1.29, 1.82) is 0 Å². The zero-order valence-corrected chi connectivity index (χ0v) is 17.0. The van der Waals surface area contributed by atoms with Crippen LogP contribution in [0.3, 0.4) is 0 Å². The molecule has 0 spiro atoms. The molecule has 1 amide bonds. The van der Waals surface area contributed by atoms with Crippen molar-refractivity contribution >= 4 is 5.91 Å². The first-order valence-electron chi connectivity index (χ1n) is 10.3. The van der Waals surface area contributed by atoms with E-state index < -0.39 is 23.8 Å². The average molecular weight is 459 g/mol. The number of aromatic nitrogens is 4. The minimum Gasteiger partial charge on any atom is -0.471 e. The fourth-order valence-corrected chi connectivity index (χ4v) is 4.51. The molecule has 0 N–H and O–H groups in total. The lowest BCUT2D eigenvalue weighted by atomic mass is 9.98.